The molecule has 0 bridgehead atoms. The number of hydrogen-bond acceptors (Lipinski definition) is 4. The molecule has 1 unspecified atom stereocenters. The number of piperazine rings is 1. The first kappa shape index (κ1) is 24.7. The minimum atomic E-state index is -1.20. The van der Waals surface area contributed by atoms with E-state index in [-0.39, 0.29) is 29.2 Å². The fourth-order valence-electron chi connectivity index (χ4n) is 5.23. The number of nitrogens with zero attached hydrogens (tertiary/aromatic N) is 2. The zero-order chi connectivity index (χ0) is 25.4. The normalized spacial score (nSPS) is 21.1. The van der Waals surface area contributed by atoms with Crippen LogP contribution in [0.15, 0.2) is 42.5 Å². The Morgan fingerprint density at radius 2 is 1.77 bits per heavy atom. The largest absolute Gasteiger partial charge is 0.505 e. The summed E-state index contributed by atoms with van der Waals surface area (Å²) in [5.74, 6) is -2.61. The number of carbonyl (C=O) groups is 3. The molecule has 0 radical (unpaired) electrons. The number of fused-ring (bicyclic) bond motifs is 1. The average Bonchev–Trinajstić information content (AvgIpc) is 3.23. The van der Waals surface area contributed by atoms with E-state index in [1.807, 2.05) is 38.1 Å². The molecule has 1 aliphatic carbocycles. The lowest BCUT2D eigenvalue weighted by Gasteiger charge is -2.45. The SMILES string of the molecule is CC(C)C[C@@H]1C(=O)NC(C2Cc3ccccc3C2)C(=O)N1[C@@H](C(=O)N(C)C)c1ccc(O)c(F)c1. The molecule has 2 aliphatic rings. The Morgan fingerprint density at radius 1 is 1.14 bits per heavy atom. The van der Waals surface area contributed by atoms with Crippen molar-refractivity contribution in [2.45, 2.75) is 51.2 Å². The van der Waals surface area contributed by atoms with Crippen LogP contribution in [-0.2, 0) is 27.2 Å². The first-order chi connectivity index (χ1) is 16.6. The van der Waals surface area contributed by atoms with Gasteiger partial charge in [0, 0.05) is 14.1 Å². The van der Waals surface area contributed by atoms with Crippen molar-refractivity contribution in [2.24, 2.45) is 11.8 Å². The molecule has 4 rings (SSSR count). The maximum Gasteiger partial charge on any atom is 0.249 e. The molecule has 8 heteroatoms. The van der Waals surface area contributed by atoms with Crippen LogP contribution in [-0.4, -0.2) is 58.8 Å². The van der Waals surface area contributed by atoms with Crippen molar-refractivity contribution in [1.82, 2.24) is 15.1 Å². The van der Waals surface area contributed by atoms with Crippen molar-refractivity contribution in [3.8, 4) is 5.75 Å². The van der Waals surface area contributed by atoms with Crippen molar-refractivity contribution >= 4 is 17.7 Å². The number of carbonyl (C=O) groups excluding carboxylic acids is 3. The fraction of sp³-hybridized carbons (Fsp3) is 0.444. The lowest BCUT2D eigenvalue weighted by Crippen LogP contribution is -2.67. The standard InChI is InChI=1S/C27H32FN3O4/c1-15(2)11-21-25(33)29-23(19-12-16-7-5-6-8-17(16)13-19)26(34)31(21)24(27(35)30(3)4)18-9-10-22(32)20(28)14-18/h5-10,14-15,19,21,23-24,32H,11-13H2,1-4H3,(H,29,33)/t21-,23?,24-/m1/s1. The number of phenolic OH excluding ortho intramolecular Hbond substituents is 1. The molecule has 3 amide bonds. The summed E-state index contributed by atoms with van der Waals surface area (Å²) < 4.78 is 14.4. The molecule has 2 aromatic rings. The topological polar surface area (TPSA) is 90.0 Å². The third-order valence-corrected chi connectivity index (χ3v) is 6.95. The average molecular weight is 482 g/mol. The predicted molar refractivity (Wildman–Crippen MR) is 129 cm³/mol. The zero-order valence-corrected chi connectivity index (χ0v) is 20.5. The lowest BCUT2D eigenvalue weighted by molar-refractivity contribution is -0.159. The van der Waals surface area contributed by atoms with Crippen LogP contribution in [0.5, 0.6) is 5.75 Å². The van der Waals surface area contributed by atoms with Gasteiger partial charge in [0.2, 0.25) is 17.7 Å². The minimum Gasteiger partial charge on any atom is -0.505 e. The summed E-state index contributed by atoms with van der Waals surface area (Å²) in [6.07, 6.45) is 1.65. The van der Waals surface area contributed by atoms with Crippen molar-refractivity contribution in [1.29, 1.82) is 0 Å². The number of amides is 3. The van der Waals surface area contributed by atoms with Crippen LogP contribution in [0, 0.1) is 17.7 Å². The van der Waals surface area contributed by atoms with Crippen molar-refractivity contribution in [3.05, 3.63) is 65.0 Å². The smallest absolute Gasteiger partial charge is 0.249 e. The van der Waals surface area contributed by atoms with E-state index in [1.165, 1.54) is 15.9 Å². The van der Waals surface area contributed by atoms with Gasteiger partial charge in [0.05, 0.1) is 0 Å². The Hall–Kier alpha value is -3.42. The summed E-state index contributed by atoms with van der Waals surface area (Å²) in [6.45, 7) is 3.89. The highest BCUT2D eigenvalue weighted by atomic mass is 19.1. The fourth-order valence-corrected chi connectivity index (χ4v) is 5.23. The molecule has 2 aromatic carbocycles. The van der Waals surface area contributed by atoms with Crippen molar-refractivity contribution < 1.29 is 23.9 Å². The lowest BCUT2D eigenvalue weighted by atomic mass is 9.88. The van der Waals surface area contributed by atoms with Gasteiger partial charge in [0.25, 0.3) is 0 Å². The highest BCUT2D eigenvalue weighted by Crippen LogP contribution is 2.36. The van der Waals surface area contributed by atoms with Gasteiger partial charge < -0.3 is 20.2 Å². The molecule has 186 valence electrons. The molecule has 1 heterocycles. The van der Waals surface area contributed by atoms with Crippen LogP contribution < -0.4 is 5.32 Å². The van der Waals surface area contributed by atoms with Gasteiger partial charge in [-0.25, -0.2) is 4.39 Å². The molecule has 1 saturated heterocycles. The van der Waals surface area contributed by atoms with Gasteiger partial charge in [0.1, 0.15) is 18.1 Å². The third-order valence-electron chi connectivity index (χ3n) is 6.95. The van der Waals surface area contributed by atoms with E-state index in [9.17, 15) is 23.9 Å². The number of hydrogen-bond donors (Lipinski definition) is 2. The number of aromatic hydroxyl groups is 1. The van der Waals surface area contributed by atoms with E-state index in [0.29, 0.717) is 19.3 Å². The molecule has 0 spiro atoms. The van der Waals surface area contributed by atoms with Gasteiger partial charge in [-0.05, 0) is 59.9 Å². The number of benzene rings is 2. The van der Waals surface area contributed by atoms with Crippen LogP contribution in [0.25, 0.3) is 0 Å². The van der Waals surface area contributed by atoms with Crippen LogP contribution in [0.1, 0.15) is 43.0 Å². The van der Waals surface area contributed by atoms with Crippen LogP contribution in [0.3, 0.4) is 0 Å². The summed E-state index contributed by atoms with van der Waals surface area (Å²) >= 11 is 0. The molecule has 0 aromatic heterocycles. The van der Waals surface area contributed by atoms with Crippen molar-refractivity contribution in [3.63, 3.8) is 0 Å². The van der Waals surface area contributed by atoms with Crippen molar-refractivity contribution in [2.75, 3.05) is 14.1 Å². The first-order valence-electron chi connectivity index (χ1n) is 12.0. The van der Waals surface area contributed by atoms with E-state index in [0.717, 1.165) is 23.3 Å². The van der Waals surface area contributed by atoms with Gasteiger partial charge in [-0.1, -0.05) is 44.2 Å². The Bertz CT molecular complexity index is 1120. The molecule has 1 aliphatic heterocycles. The number of rotatable bonds is 6. The van der Waals surface area contributed by atoms with Gasteiger partial charge >= 0.3 is 0 Å². The number of likely N-dealkylation sites (N-methyl/N-ethyl adjacent to an activating group) is 1. The van der Waals surface area contributed by atoms with Crippen LogP contribution in [0.2, 0.25) is 0 Å². The number of phenols is 1. The van der Waals surface area contributed by atoms with E-state index >= 15 is 0 Å². The second-order valence-electron chi connectivity index (χ2n) is 10.2. The molecule has 2 N–H and O–H groups in total. The molecular weight excluding hydrogens is 449 g/mol. The molecule has 7 nitrogen and oxygen atoms in total. The molecule has 3 atom stereocenters. The molecule has 0 saturated carbocycles. The molecule has 35 heavy (non-hydrogen) atoms. The van der Waals surface area contributed by atoms with Gasteiger partial charge in [-0.15, -0.1) is 0 Å². The number of nitrogens with one attached hydrogen (secondary N) is 1. The van der Waals surface area contributed by atoms with Crippen LogP contribution >= 0.6 is 0 Å². The summed E-state index contributed by atoms with van der Waals surface area (Å²) in [5, 5.41) is 12.7. The Kier molecular flexibility index (Phi) is 6.83. The zero-order valence-electron chi connectivity index (χ0n) is 20.5. The van der Waals surface area contributed by atoms with E-state index in [2.05, 4.69) is 5.32 Å². The maximum absolute atomic E-state index is 14.4. The Morgan fingerprint density at radius 3 is 2.31 bits per heavy atom. The summed E-state index contributed by atoms with van der Waals surface area (Å²) in [4.78, 5) is 43.7. The summed E-state index contributed by atoms with van der Waals surface area (Å²) in [7, 11) is 3.12. The second kappa shape index (κ2) is 9.68. The van der Waals surface area contributed by atoms with E-state index < -0.39 is 35.6 Å². The van der Waals surface area contributed by atoms with E-state index in [4.69, 9.17) is 0 Å². The first-order valence-corrected chi connectivity index (χ1v) is 12.0. The molecule has 1 fully saturated rings. The van der Waals surface area contributed by atoms with Gasteiger partial charge in [-0.3, -0.25) is 14.4 Å². The maximum atomic E-state index is 14.4. The second-order valence-corrected chi connectivity index (χ2v) is 10.2. The van der Waals surface area contributed by atoms with Crippen LogP contribution in [0.4, 0.5) is 4.39 Å². The van der Waals surface area contributed by atoms with Gasteiger partial charge in [0.15, 0.2) is 11.6 Å². The highest BCUT2D eigenvalue weighted by molar-refractivity contribution is 6.00. The molecular formula is C27H32FN3O4. The monoisotopic (exact) mass is 481 g/mol. The predicted octanol–water partition coefficient (Wildman–Crippen LogP) is 2.82. The Balaban J connectivity index is 1.77. The van der Waals surface area contributed by atoms with E-state index in [1.54, 1.807) is 14.1 Å². The summed E-state index contributed by atoms with van der Waals surface area (Å²) in [6, 6.07) is 8.75. The third kappa shape index (κ3) is 4.74. The number of halogens is 1. The Labute approximate surface area is 204 Å². The quantitative estimate of drug-likeness (QED) is 0.664. The highest BCUT2D eigenvalue weighted by Gasteiger charge is 2.49. The minimum absolute atomic E-state index is 0.0694. The summed E-state index contributed by atoms with van der Waals surface area (Å²) in [5.41, 5.74) is 2.51. The van der Waals surface area contributed by atoms with Gasteiger partial charge in [-0.2, -0.15) is 0 Å².